The van der Waals surface area contributed by atoms with Gasteiger partial charge < -0.3 is 10.1 Å². The summed E-state index contributed by atoms with van der Waals surface area (Å²) in [6.45, 7) is 5.76. The lowest BCUT2D eigenvalue weighted by molar-refractivity contribution is 0.146. The number of rotatable bonds is 9. The molecule has 6 heteroatoms. The van der Waals surface area contributed by atoms with E-state index >= 15 is 0 Å². The minimum atomic E-state index is -2.88. The number of hydrogen-bond donors (Lipinski definition) is 1. The van der Waals surface area contributed by atoms with Crippen molar-refractivity contribution in [3.63, 3.8) is 0 Å². The van der Waals surface area contributed by atoms with E-state index in [1.54, 1.807) is 14.0 Å². The van der Waals surface area contributed by atoms with Gasteiger partial charge in [-0.3, -0.25) is 4.90 Å². The molecule has 0 amide bonds. The Balaban J connectivity index is 2.38. The Morgan fingerprint density at radius 3 is 2.72 bits per heavy atom. The molecule has 0 aliphatic carbocycles. The van der Waals surface area contributed by atoms with Crippen LogP contribution in [-0.4, -0.2) is 70.8 Å². The van der Waals surface area contributed by atoms with Gasteiger partial charge in [0.2, 0.25) is 0 Å². The van der Waals surface area contributed by atoms with Crippen molar-refractivity contribution in [1.82, 2.24) is 10.2 Å². The molecule has 1 unspecified atom stereocenters. The van der Waals surface area contributed by atoms with Gasteiger partial charge in [-0.15, -0.1) is 0 Å². The second-order valence-corrected chi connectivity index (χ2v) is 7.30. The predicted molar refractivity (Wildman–Crippen MR) is 73.7 cm³/mol. The van der Waals surface area contributed by atoms with Crippen LogP contribution in [0.15, 0.2) is 0 Å². The highest BCUT2D eigenvalue weighted by Crippen LogP contribution is 2.07. The minimum absolute atomic E-state index is 0.229. The summed E-state index contributed by atoms with van der Waals surface area (Å²) in [5, 5.41) is 3.44. The van der Waals surface area contributed by atoms with Crippen molar-refractivity contribution in [2.45, 2.75) is 25.8 Å². The quantitative estimate of drug-likeness (QED) is 0.649. The first-order chi connectivity index (χ1) is 8.57. The molecule has 1 heterocycles. The van der Waals surface area contributed by atoms with Crippen molar-refractivity contribution in [2.75, 3.05) is 51.4 Å². The van der Waals surface area contributed by atoms with Gasteiger partial charge in [0.1, 0.15) is 0 Å². The topological polar surface area (TPSA) is 58.6 Å². The molecule has 1 atom stereocenters. The van der Waals surface area contributed by atoms with Crippen molar-refractivity contribution < 1.29 is 13.2 Å². The second kappa shape index (κ2) is 8.09. The lowest BCUT2D eigenvalue weighted by Crippen LogP contribution is -2.41. The first kappa shape index (κ1) is 15.9. The molecular formula is C12H26N2O3S. The summed E-state index contributed by atoms with van der Waals surface area (Å²) in [5.41, 5.74) is 0. The number of nitrogens with one attached hydrogen (secondary N) is 1. The number of hydrogen-bond acceptors (Lipinski definition) is 5. The van der Waals surface area contributed by atoms with Crippen LogP contribution in [0.4, 0.5) is 0 Å². The van der Waals surface area contributed by atoms with E-state index in [1.807, 2.05) is 0 Å². The Kier molecular flexibility index (Phi) is 7.14. The molecule has 0 aromatic rings. The Labute approximate surface area is 111 Å². The minimum Gasteiger partial charge on any atom is -0.383 e. The SMILES string of the molecule is CCS(=O)(=O)CCN(CCOC)CC1CCCN1. The fraction of sp³-hybridized carbons (Fsp3) is 1.00. The van der Waals surface area contributed by atoms with Crippen LogP contribution in [0, 0.1) is 0 Å². The molecule has 1 saturated heterocycles. The molecule has 18 heavy (non-hydrogen) atoms. The maximum Gasteiger partial charge on any atom is 0.151 e. The molecule has 0 bridgehead atoms. The van der Waals surface area contributed by atoms with Gasteiger partial charge in [-0.2, -0.15) is 0 Å². The van der Waals surface area contributed by atoms with Crippen molar-refractivity contribution >= 4 is 9.84 Å². The van der Waals surface area contributed by atoms with Gasteiger partial charge in [-0.05, 0) is 19.4 Å². The maximum atomic E-state index is 11.5. The summed E-state index contributed by atoms with van der Waals surface area (Å²) < 4.78 is 28.2. The van der Waals surface area contributed by atoms with Crippen LogP contribution in [0.5, 0.6) is 0 Å². The van der Waals surface area contributed by atoms with E-state index in [1.165, 1.54) is 12.8 Å². The van der Waals surface area contributed by atoms with Gasteiger partial charge >= 0.3 is 0 Å². The van der Waals surface area contributed by atoms with Crippen LogP contribution >= 0.6 is 0 Å². The van der Waals surface area contributed by atoms with Crippen molar-refractivity contribution in [1.29, 1.82) is 0 Å². The summed E-state index contributed by atoms with van der Waals surface area (Å²) in [5.74, 6) is 0.479. The zero-order chi connectivity index (χ0) is 13.4. The molecule has 0 aromatic heterocycles. The average molecular weight is 278 g/mol. The average Bonchev–Trinajstić information content (AvgIpc) is 2.85. The van der Waals surface area contributed by atoms with E-state index in [-0.39, 0.29) is 11.5 Å². The molecule has 1 fully saturated rings. The summed E-state index contributed by atoms with van der Waals surface area (Å²) in [4.78, 5) is 2.19. The van der Waals surface area contributed by atoms with Crippen molar-refractivity contribution in [3.8, 4) is 0 Å². The van der Waals surface area contributed by atoms with E-state index in [4.69, 9.17) is 4.74 Å². The molecule has 0 radical (unpaired) electrons. The molecule has 1 rings (SSSR count). The Bertz CT molecular complexity index is 313. The summed E-state index contributed by atoms with van der Waals surface area (Å²) in [6.07, 6.45) is 2.40. The van der Waals surface area contributed by atoms with Crippen molar-refractivity contribution in [3.05, 3.63) is 0 Å². The van der Waals surface area contributed by atoms with Crippen molar-refractivity contribution in [2.24, 2.45) is 0 Å². The van der Waals surface area contributed by atoms with Gasteiger partial charge in [-0.1, -0.05) is 6.92 Å². The number of nitrogens with zero attached hydrogens (tertiary/aromatic N) is 1. The van der Waals surface area contributed by atoms with E-state index in [0.29, 0.717) is 19.2 Å². The number of ether oxygens (including phenoxy) is 1. The largest absolute Gasteiger partial charge is 0.383 e. The highest BCUT2D eigenvalue weighted by atomic mass is 32.2. The van der Waals surface area contributed by atoms with Gasteiger partial charge in [0.25, 0.3) is 0 Å². The molecule has 0 aromatic carbocycles. The highest BCUT2D eigenvalue weighted by Gasteiger charge is 2.19. The molecule has 0 spiro atoms. The van der Waals surface area contributed by atoms with Crippen LogP contribution in [0.25, 0.3) is 0 Å². The van der Waals surface area contributed by atoms with Crippen LogP contribution in [0.2, 0.25) is 0 Å². The van der Waals surface area contributed by atoms with E-state index in [0.717, 1.165) is 19.6 Å². The molecule has 5 nitrogen and oxygen atoms in total. The monoisotopic (exact) mass is 278 g/mol. The van der Waals surface area contributed by atoms with Crippen LogP contribution in [0.3, 0.4) is 0 Å². The lowest BCUT2D eigenvalue weighted by atomic mass is 10.2. The summed E-state index contributed by atoms with van der Waals surface area (Å²) in [6, 6.07) is 0.506. The fourth-order valence-corrected chi connectivity index (χ4v) is 2.98. The molecular weight excluding hydrogens is 252 g/mol. The third-order valence-electron chi connectivity index (χ3n) is 3.41. The molecule has 1 N–H and O–H groups in total. The van der Waals surface area contributed by atoms with Gasteiger partial charge in [0, 0.05) is 38.5 Å². The normalized spacial score (nSPS) is 20.7. The number of sulfone groups is 1. The van der Waals surface area contributed by atoms with Gasteiger partial charge in [0.15, 0.2) is 9.84 Å². The molecule has 108 valence electrons. The fourth-order valence-electron chi connectivity index (χ4n) is 2.15. The van der Waals surface area contributed by atoms with Gasteiger partial charge in [0.05, 0.1) is 12.4 Å². The Morgan fingerprint density at radius 2 is 2.17 bits per heavy atom. The first-order valence-corrected chi connectivity index (χ1v) is 8.54. The molecule has 1 aliphatic rings. The molecule has 0 saturated carbocycles. The van der Waals surface area contributed by atoms with Crippen LogP contribution in [-0.2, 0) is 14.6 Å². The summed E-state index contributed by atoms with van der Waals surface area (Å²) in [7, 11) is -1.20. The van der Waals surface area contributed by atoms with Crippen LogP contribution < -0.4 is 5.32 Å². The maximum absolute atomic E-state index is 11.5. The second-order valence-electron chi connectivity index (χ2n) is 4.82. The number of methoxy groups -OCH3 is 1. The third kappa shape index (κ3) is 6.13. The predicted octanol–water partition coefficient (Wildman–Crippen LogP) is 0.122. The zero-order valence-corrected chi connectivity index (χ0v) is 12.3. The highest BCUT2D eigenvalue weighted by molar-refractivity contribution is 7.91. The molecule has 1 aliphatic heterocycles. The van der Waals surface area contributed by atoms with E-state index < -0.39 is 9.84 Å². The van der Waals surface area contributed by atoms with Gasteiger partial charge in [-0.25, -0.2) is 8.42 Å². The first-order valence-electron chi connectivity index (χ1n) is 6.72. The third-order valence-corrected chi connectivity index (χ3v) is 5.10. The Hall–Kier alpha value is -0.170. The standard InChI is InChI=1S/C12H26N2O3S/c1-3-18(15,16)10-8-14(7-9-17-2)11-12-5-4-6-13-12/h12-13H,3-11H2,1-2H3. The lowest BCUT2D eigenvalue weighted by Gasteiger charge is -2.25. The smallest absolute Gasteiger partial charge is 0.151 e. The Morgan fingerprint density at radius 1 is 1.39 bits per heavy atom. The van der Waals surface area contributed by atoms with E-state index in [2.05, 4.69) is 10.2 Å². The van der Waals surface area contributed by atoms with E-state index in [9.17, 15) is 8.42 Å². The summed E-state index contributed by atoms with van der Waals surface area (Å²) >= 11 is 0. The zero-order valence-electron chi connectivity index (χ0n) is 11.5. The van der Waals surface area contributed by atoms with Crippen LogP contribution in [0.1, 0.15) is 19.8 Å².